The highest BCUT2D eigenvalue weighted by Gasteiger charge is 1.72. The van der Waals surface area contributed by atoms with Crippen molar-refractivity contribution in [2.24, 2.45) is 4.99 Å². The van der Waals surface area contributed by atoms with Crippen molar-refractivity contribution in [1.82, 2.24) is 5.32 Å². The Hall–Kier alpha value is -0.990. The van der Waals surface area contributed by atoms with Crippen LogP contribution >= 0.6 is 0 Å². The van der Waals surface area contributed by atoms with Gasteiger partial charge in [-0.3, -0.25) is 0 Å². The average molecular weight is 142 g/mol. The van der Waals surface area contributed by atoms with Crippen molar-refractivity contribution in [1.29, 1.82) is 0 Å². The van der Waals surface area contributed by atoms with E-state index in [4.69, 9.17) is 4.74 Å². The molecule has 3 heteroatoms. The van der Waals surface area contributed by atoms with Gasteiger partial charge in [-0.15, -0.1) is 0 Å². The van der Waals surface area contributed by atoms with Gasteiger partial charge in [0, 0.05) is 7.05 Å². The highest BCUT2D eigenvalue weighted by atomic mass is 16.5. The fourth-order valence-corrected chi connectivity index (χ4v) is 0.382. The van der Waals surface area contributed by atoms with Crippen molar-refractivity contribution in [3.63, 3.8) is 0 Å². The molecule has 0 fully saturated rings. The fourth-order valence-electron chi connectivity index (χ4n) is 0.382. The van der Waals surface area contributed by atoms with Crippen LogP contribution in [0.3, 0.4) is 0 Å². The lowest BCUT2D eigenvalue weighted by Crippen LogP contribution is -1.99. The summed E-state index contributed by atoms with van der Waals surface area (Å²) in [6.07, 6.45) is 5.80. The molecular formula is C7H14N2O. The number of aliphatic imine (C=N–C) groups is 1. The summed E-state index contributed by atoms with van der Waals surface area (Å²) in [5, 5.41) is 2.76. The van der Waals surface area contributed by atoms with E-state index in [1.165, 1.54) is 0 Å². The van der Waals surface area contributed by atoms with Gasteiger partial charge in [-0.25, -0.2) is 4.99 Å². The molecule has 0 radical (unpaired) electrons. The molecule has 0 saturated heterocycles. The van der Waals surface area contributed by atoms with Gasteiger partial charge < -0.3 is 10.1 Å². The molecule has 0 rings (SSSR count). The SMILES string of the molecule is CCCOC=CN=CNC. The van der Waals surface area contributed by atoms with E-state index in [1.807, 2.05) is 0 Å². The van der Waals surface area contributed by atoms with Crippen LogP contribution in [0, 0.1) is 0 Å². The van der Waals surface area contributed by atoms with Crippen molar-refractivity contribution >= 4 is 6.34 Å². The molecule has 0 heterocycles. The van der Waals surface area contributed by atoms with Gasteiger partial charge in [-0.1, -0.05) is 6.92 Å². The third-order valence-corrected chi connectivity index (χ3v) is 0.769. The molecule has 3 nitrogen and oxygen atoms in total. The van der Waals surface area contributed by atoms with Gasteiger partial charge in [0.25, 0.3) is 0 Å². The Bertz CT molecular complexity index is 110. The van der Waals surface area contributed by atoms with Crippen molar-refractivity contribution in [2.45, 2.75) is 13.3 Å². The molecule has 0 atom stereocenters. The van der Waals surface area contributed by atoms with Crippen LogP contribution in [-0.4, -0.2) is 20.0 Å². The molecule has 0 unspecified atom stereocenters. The van der Waals surface area contributed by atoms with Crippen LogP contribution in [0.5, 0.6) is 0 Å². The quantitative estimate of drug-likeness (QED) is 0.270. The standard InChI is InChI=1S/C7H14N2O/c1-3-5-10-6-4-9-7-8-2/h4,6-7H,3,5H2,1-2H3,(H,8,9). The molecule has 0 aromatic rings. The normalized spacial score (nSPS) is 11.0. The number of nitrogens with one attached hydrogen (secondary N) is 1. The number of nitrogens with zero attached hydrogens (tertiary/aromatic N) is 1. The summed E-state index contributed by atoms with van der Waals surface area (Å²) in [5.41, 5.74) is 0. The molecule has 0 aromatic carbocycles. The maximum absolute atomic E-state index is 5.01. The second-order valence-electron chi connectivity index (χ2n) is 1.72. The predicted molar refractivity (Wildman–Crippen MR) is 42.9 cm³/mol. The topological polar surface area (TPSA) is 33.6 Å². The summed E-state index contributed by atoms with van der Waals surface area (Å²) in [6.45, 7) is 2.82. The minimum Gasteiger partial charge on any atom is -0.500 e. The summed E-state index contributed by atoms with van der Waals surface area (Å²) in [5.74, 6) is 0. The minimum absolute atomic E-state index is 0.756. The molecule has 0 amide bonds. The molecular weight excluding hydrogens is 128 g/mol. The maximum Gasteiger partial charge on any atom is 0.101 e. The zero-order valence-corrected chi connectivity index (χ0v) is 6.50. The van der Waals surface area contributed by atoms with Crippen molar-refractivity contribution < 1.29 is 4.74 Å². The fraction of sp³-hybridized carbons (Fsp3) is 0.571. The van der Waals surface area contributed by atoms with E-state index in [9.17, 15) is 0 Å². The van der Waals surface area contributed by atoms with E-state index in [-0.39, 0.29) is 0 Å². The number of hydrogen-bond donors (Lipinski definition) is 1. The van der Waals surface area contributed by atoms with Gasteiger partial charge in [0.05, 0.1) is 19.1 Å². The maximum atomic E-state index is 5.01. The van der Waals surface area contributed by atoms with Crippen molar-refractivity contribution in [3.8, 4) is 0 Å². The Labute approximate surface area is 61.8 Å². The van der Waals surface area contributed by atoms with Crippen LogP contribution in [-0.2, 0) is 4.74 Å². The third-order valence-electron chi connectivity index (χ3n) is 0.769. The average Bonchev–Trinajstić information content (AvgIpc) is 1.97. The molecule has 1 N–H and O–H groups in total. The summed E-state index contributed by atoms with van der Waals surface area (Å²) >= 11 is 0. The summed E-state index contributed by atoms with van der Waals surface area (Å²) < 4.78 is 5.01. The summed E-state index contributed by atoms with van der Waals surface area (Å²) in [6, 6.07) is 0. The van der Waals surface area contributed by atoms with Gasteiger partial charge in [-0.05, 0) is 6.42 Å². The Morgan fingerprint density at radius 1 is 1.60 bits per heavy atom. The molecule has 58 valence electrons. The lowest BCUT2D eigenvalue weighted by atomic mass is 10.5. The van der Waals surface area contributed by atoms with Crippen molar-refractivity contribution in [2.75, 3.05) is 13.7 Å². The van der Waals surface area contributed by atoms with Gasteiger partial charge in [0.15, 0.2) is 0 Å². The first-order valence-electron chi connectivity index (χ1n) is 3.37. The molecule has 0 aliphatic carbocycles. The lowest BCUT2D eigenvalue weighted by molar-refractivity contribution is 0.249. The van der Waals surface area contributed by atoms with Crippen LogP contribution in [0.4, 0.5) is 0 Å². The van der Waals surface area contributed by atoms with Gasteiger partial charge in [0.1, 0.15) is 6.26 Å². The smallest absolute Gasteiger partial charge is 0.101 e. The monoisotopic (exact) mass is 142 g/mol. The zero-order chi connectivity index (χ0) is 7.66. The second kappa shape index (κ2) is 8.01. The Morgan fingerprint density at radius 2 is 2.40 bits per heavy atom. The Balaban J connectivity index is 3.11. The molecule has 0 aliphatic heterocycles. The number of hydrogen-bond acceptors (Lipinski definition) is 2. The highest BCUT2D eigenvalue weighted by molar-refractivity contribution is 5.54. The Morgan fingerprint density at radius 3 is 3.00 bits per heavy atom. The highest BCUT2D eigenvalue weighted by Crippen LogP contribution is 1.81. The van der Waals surface area contributed by atoms with E-state index in [2.05, 4.69) is 17.2 Å². The summed E-state index contributed by atoms with van der Waals surface area (Å²) in [7, 11) is 1.80. The van der Waals surface area contributed by atoms with Crippen molar-refractivity contribution in [3.05, 3.63) is 12.5 Å². The third kappa shape index (κ3) is 7.01. The first-order valence-corrected chi connectivity index (χ1v) is 3.37. The lowest BCUT2D eigenvalue weighted by Gasteiger charge is -1.92. The van der Waals surface area contributed by atoms with E-state index >= 15 is 0 Å². The first kappa shape index (κ1) is 9.01. The molecule has 0 aromatic heterocycles. The van der Waals surface area contributed by atoms with Gasteiger partial charge in [-0.2, -0.15) is 0 Å². The largest absolute Gasteiger partial charge is 0.500 e. The van der Waals surface area contributed by atoms with Crippen LogP contribution < -0.4 is 5.32 Å². The molecule has 0 bridgehead atoms. The Kier molecular flexibility index (Phi) is 7.22. The van der Waals surface area contributed by atoms with Gasteiger partial charge in [0.2, 0.25) is 0 Å². The van der Waals surface area contributed by atoms with Crippen LogP contribution in [0.25, 0.3) is 0 Å². The van der Waals surface area contributed by atoms with Crippen LogP contribution in [0.1, 0.15) is 13.3 Å². The summed E-state index contributed by atoms with van der Waals surface area (Å²) in [4.78, 5) is 3.82. The first-order chi connectivity index (χ1) is 4.91. The molecule has 0 aliphatic rings. The van der Waals surface area contributed by atoms with E-state index < -0.39 is 0 Å². The van der Waals surface area contributed by atoms with Crippen LogP contribution in [0.2, 0.25) is 0 Å². The number of ether oxygens (including phenoxy) is 1. The van der Waals surface area contributed by atoms with E-state index in [0.717, 1.165) is 13.0 Å². The van der Waals surface area contributed by atoms with Gasteiger partial charge >= 0.3 is 0 Å². The number of rotatable bonds is 5. The van der Waals surface area contributed by atoms with E-state index in [1.54, 1.807) is 25.8 Å². The zero-order valence-electron chi connectivity index (χ0n) is 6.50. The molecule has 0 saturated carbocycles. The molecule has 10 heavy (non-hydrogen) atoms. The molecule has 0 spiro atoms. The predicted octanol–water partition coefficient (Wildman–Crippen LogP) is 1.13. The second-order valence-corrected chi connectivity index (χ2v) is 1.72. The van der Waals surface area contributed by atoms with Crippen LogP contribution in [0.15, 0.2) is 17.5 Å². The minimum atomic E-state index is 0.756. The van der Waals surface area contributed by atoms with E-state index in [0.29, 0.717) is 0 Å².